The zero-order valence-electron chi connectivity index (χ0n) is 12.4. The average Bonchev–Trinajstić information content (AvgIpc) is 3.03. The van der Waals surface area contributed by atoms with Crippen molar-refractivity contribution in [1.82, 2.24) is 14.7 Å². The topological polar surface area (TPSA) is 72.0 Å². The van der Waals surface area contributed by atoms with E-state index in [1.807, 2.05) is 30.5 Å². The maximum atomic E-state index is 12.3. The smallest absolute Gasteiger partial charge is 0.240 e. The highest BCUT2D eigenvalue weighted by Gasteiger charge is 2.14. The van der Waals surface area contributed by atoms with Gasteiger partial charge in [0, 0.05) is 23.3 Å². The maximum Gasteiger partial charge on any atom is 0.240 e. The number of nitrogens with one attached hydrogen (secondary N) is 1. The Labute approximate surface area is 139 Å². The summed E-state index contributed by atoms with van der Waals surface area (Å²) in [5.41, 5.74) is 2.62. The van der Waals surface area contributed by atoms with Crippen molar-refractivity contribution >= 4 is 21.4 Å². The largest absolute Gasteiger partial charge is 0.264 e. The number of aryl methyl sites for hydroxylation is 1. The number of sulfonamides is 1. The van der Waals surface area contributed by atoms with E-state index in [1.165, 1.54) is 11.3 Å². The Hall–Kier alpha value is -2.09. The van der Waals surface area contributed by atoms with E-state index >= 15 is 0 Å². The number of hydrogen-bond acceptors (Lipinski definition) is 5. The van der Waals surface area contributed by atoms with Crippen LogP contribution in [0.3, 0.4) is 0 Å². The van der Waals surface area contributed by atoms with Crippen molar-refractivity contribution in [3.05, 3.63) is 64.7 Å². The van der Waals surface area contributed by atoms with Gasteiger partial charge in [0.05, 0.1) is 17.1 Å². The first kappa shape index (κ1) is 15.8. The van der Waals surface area contributed by atoms with Crippen LogP contribution in [0.1, 0.15) is 10.6 Å². The van der Waals surface area contributed by atoms with Crippen molar-refractivity contribution in [2.75, 3.05) is 0 Å². The maximum absolute atomic E-state index is 12.3. The summed E-state index contributed by atoms with van der Waals surface area (Å²) in [7, 11) is -3.53. The molecule has 0 spiro atoms. The summed E-state index contributed by atoms with van der Waals surface area (Å²) < 4.78 is 27.2. The quantitative estimate of drug-likeness (QED) is 0.771. The first-order valence-electron chi connectivity index (χ1n) is 6.96. The fourth-order valence-corrected chi connectivity index (χ4v) is 3.99. The zero-order chi connectivity index (χ0) is 16.3. The van der Waals surface area contributed by atoms with Crippen molar-refractivity contribution in [2.45, 2.75) is 18.4 Å². The summed E-state index contributed by atoms with van der Waals surface area (Å²) in [4.78, 5) is 8.77. The highest BCUT2D eigenvalue weighted by atomic mass is 32.2. The summed E-state index contributed by atoms with van der Waals surface area (Å²) in [5, 5.41) is 2.60. The lowest BCUT2D eigenvalue weighted by Gasteiger charge is -2.05. The van der Waals surface area contributed by atoms with Crippen LogP contribution in [0.2, 0.25) is 0 Å². The lowest BCUT2D eigenvalue weighted by Crippen LogP contribution is -2.23. The minimum atomic E-state index is -3.53. The molecule has 0 aliphatic rings. The van der Waals surface area contributed by atoms with Crippen molar-refractivity contribution < 1.29 is 8.42 Å². The Morgan fingerprint density at radius 3 is 2.83 bits per heavy atom. The fraction of sp³-hybridized carbons (Fsp3) is 0.125. The zero-order valence-corrected chi connectivity index (χ0v) is 14.1. The van der Waals surface area contributed by atoms with Crippen molar-refractivity contribution in [1.29, 1.82) is 0 Å². The van der Waals surface area contributed by atoms with Crippen LogP contribution in [0.25, 0.3) is 11.3 Å². The van der Waals surface area contributed by atoms with Gasteiger partial charge in [0.25, 0.3) is 0 Å². The van der Waals surface area contributed by atoms with Gasteiger partial charge < -0.3 is 0 Å². The highest BCUT2D eigenvalue weighted by molar-refractivity contribution is 7.89. The number of aromatic nitrogens is 2. The predicted molar refractivity (Wildman–Crippen MR) is 90.5 cm³/mol. The molecule has 1 N–H and O–H groups in total. The van der Waals surface area contributed by atoms with Gasteiger partial charge in [0.1, 0.15) is 5.01 Å². The lowest BCUT2D eigenvalue weighted by molar-refractivity contribution is 0.581. The fourth-order valence-electron chi connectivity index (χ4n) is 2.06. The third-order valence-corrected chi connectivity index (χ3v) is 5.47. The Bertz CT molecular complexity index is 906. The minimum absolute atomic E-state index is 0.168. The normalized spacial score (nSPS) is 11.5. The van der Waals surface area contributed by atoms with Crippen LogP contribution in [-0.4, -0.2) is 18.4 Å². The first-order valence-corrected chi connectivity index (χ1v) is 9.32. The molecule has 23 heavy (non-hydrogen) atoms. The molecule has 3 aromatic rings. The molecule has 0 unspecified atom stereocenters. The summed E-state index contributed by atoms with van der Waals surface area (Å²) >= 11 is 1.42. The van der Waals surface area contributed by atoms with Gasteiger partial charge in [0.2, 0.25) is 10.0 Å². The van der Waals surface area contributed by atoms with Crippen molar-refractivity contribution in [3.8, 4) is 11.3 Å². The molecule has 118 valence electrons. The van der Waals surface area contributed by atoms with Gasteiger partial charge in [-0.3, -0.25) is 4.98 Å². The minimum Gasteiger partial charge on any atom is -0.264 e. The van der Waals surface area contributed by atoms with Crippen LogP contribution in [0, 0.1) is 6.92 Å². The van der Waals surface area contributed by atoms with E-state index in [0.29, 0.717) is 5.01 Å². The Balaban J connectivity index is 1.73. The molecule has 0 fully saturated rings. The van der Waals surface area contributed by atoms with Crippen LogP contribution in [-0.2, 0) is 16.6 Å². The predicted octanol–water partition coefficient (Wildman–Crippen LogP) is 2.99. The third-order valence-electron chi connectivity index (χ3n) is 3.22. The van der Waals surface area contributed by atoms with Gasteiger partial charge in [0.15, 0.2) is 0 Å². The van der Waals surface area contributed by atoms with Gasteiger partial charge in [-0.05, 0) is 36.8 Å². The van der Waals surface area contributed by atoms with Crippen LogP contribution in [0.15, 0.2) is 59.1 Å². The van der Waals surface area contributed by atoms with E-state index in [4.69, 9.17) is 0 Å². The molecule has 0 radical (unpaired) electrons. The summed E-state index contributed by atoms with van der Waals surface area (Å²) in [6.07, 6.45) is 3.43. The lowest BCUT2D eigenvalue weighted by atomic mass is 10.2. The standard InChI is InChI=1S/C16H15N3O2S2/c1-12-4-2-6-14(8-12)23(20,21)18-10-16-19-15(11-22-16)13-5-3-7-17-9-13/h2-9,11,18H,10H2,1H3. The molecule has 2 heterocycles. The molecular weight excluding hydrogens is 330 g/mol. The highest BCUT2D eigenvalue weighted by Crippen LogP contribution is 2.21. The van der Waals surface area contributed by atoms with E-state index in [1.54, 1.807) is 30.6 Å². The monoisotopic (exact) mass is 345 g/mol. The SMILES string of the molecule is Cc1cccc(S(=O)(=O)NCc2nc(-c3cccnc3)cs2)c1. The molecule has 0 saturated carbocycles. The molecule has 0 aliphatic heterocycles. The number of nitrogens with zero attached hydrogens (tertiary/aromatic N) is 2. The van der Waals surface area contributed by atoms with E-state index in [9.17, 15) is 8.42 Å². The molecule has 0 aliphatic carbocycles. The van der Waals surface area contributed by atoms with Gasteiger partial charge in [-0.2, -0.15) is 0 Å². The van der Waals surface area contributed by atoms with Crippen LogP contribution in [0.4, 0.5) is 0 Å². The third kappa shape index (κ3) is 3.82. The summed E-state index contributed by atoms with van der Waals surface area (Å²) in [6.45, 7) is 2.03. The van der Waals surface area contributed by atoms with Crippen LogP contribution in [0.5, 0.6) is 0 Å². The molecule has 0 amide bonds. The van der Waals surface area contributed by atoms with E-state index in [-0.39, 0.29) is 11.4 Å². The molecular formula is C16H15N3O2S2. The molecule has 0 bridgehead atoms. The second kappa shape index (κ2) is 6.57. The van der Waals surface area contributed by atoms with Gasteiger partial charge in [-0.25, -0.2) is 18.1 Å². The molecule has 2 aromatic heterocycles. The van der Waals surface area contributed by atoms with Crippen LogP contribution >= 0.6 is 11.3 Å². The Morgan fingerprint density at radius 2 is 2.09 bits per heavy atom. The summed E-state index contributed by atoms with van der Waals surface area (Å²) in [6, 6.07) is 10.6. The van der Waals surface area contributed by atoms with Gasteiger partial charge >= 0.3 is 0 Å². The van der Waals surface area contributed by atoms with E-state index in [0.717, 1.165) is 16.8 Å². The summed E-state index contributed by atoms with van der Waals surface area (Å²) in [5.74, 6) is 0. The van der Waals surface area contributed by atoms with E-state index in [2.05, 4.69) is 14.7 Å². The van der Waals surface area contributed by atoms with Gasteiger partial charge in [-0.1, -0.05) is 12.1 Å². The van der Waals surface area contributed by atoms with Crippen molar-refractivity contribution in [3.63, 3.8) is 0 Å². The second-order valence-corrected chi connectivity index (χ2v) is 7.72. The average molecular weight is 345 g/mol. The molecule has 7 heteroatoms. The molecule has 1 aromatic carbocycles. The molecule has 3 rings (SSSR count). The Morgan fingerprint density at radius 1 is 1.22 bits per heavy atom. The number of thiazole rings is 1. The van der Waals surface area contributed by atoms with Crippen LogP contribution < -0.4 is 4.72 Å². The van der Waals surface area contributed by atoms with E-state index < -0.39 is 10.0 Å². The number of benzene rings is 1. The molecule has 0 atom stereocenters. The Kier molecular flexibility index (Phi) is 4.51. The number of hydrogen-bond donors (Lipinski definition) is 1. The second-order valence-electron chi connectivity index (χ2n) is 5.01. The number of pyridine rings is 1. The first-order chi connectivity index (χ1) is 11.0. The van der Waals surface area contributed by atoms with Gasteiger partial charge in [-0.15, -0.1) is 11.3 Å². The van der Waals surface area contributed by atoms with Crippen molar-refractivity contribution in [2.24, 2.45) is 0 Å². The molecule has 0 saturated heterocycles. The number of rotatable bonds is 5. The molecule has 5 nitrogen and oxygen atoms in total.